The molecule has 3 aliphatic rings. The van der Waals surface area contributed by atoms with Crippen molar-refractivity contribution in [3.8, 4) is 0 Å². The summed E-state index contributed by atoms with van der Waals surface area (Å²) in [6.45, 7) is -0.116. The number of benzene rings is 3. The number of pyridine rings is 1. The van der Waals surface area contributed by atoms with E-state index >= 15 is 0 Å². The number of carbonyl (C=O) groups excluding carboxylic acids is 4. The smallest absolute Gasteiger partial charge is 0.262 e. The largest absolute Gasteiger partial charge is 0.305 e. The van der Waals surface area contributed by atoms with Crippen molar-refractivity contribution in [3.63, 3.8) is 0 Å². The highest BCUT2D eigenvalue weighted by atomic mass is 16.2. The van der Waals surface area contributed by atoms with Crippen LogP contribution < -0.4 is 9.80 Å². The molecule has 0 unspecified atom stereocenters. The number of aromatic nitrogens is 1. The van der Waals surface area contributed by atoms with Gasteiger partial charge in [-0.2, -0.15) is 0 Å². The maximum absolute atomic E-state index is 14.1. The third-order valence-electron chi connectivity index (χ3n) is 8.24. The van der Waals surface area contributed by atoms with Gasteiger partial charge < -0.3 is 9.80 Å². The molecule has 0 saturated heterocycles. The number of hydrogen-bond donors (Lipinski definition) is 0. The molecule has 8 heteroatoms. The molecule has 0 radical (unpaired) electrons. The number of para-hydroxylation sites is 3. The zero-order valence-electron chi connectivity index (χ0n) is 21.7. The van der Waals surface area contributed by atoms with Crippen LogP contribution in [0.15, 0.2) is 84.9 Å². The number of imide groups is 1. The van der Waals surface area contributed by atoms with Crippen LogP contribution in [0, 0.1) is 5.92 Å². The molecule has 1 aromatic heterocycles. The minimum Gasteiger partial charge on any atom is -0.305 e. The molecule has 1 saturated carbocycles. The van der Waals surface area contributed by atoms with Crippen LogP contribution in [0.1, 0.15) is 45.7 Å². The number of carbonyl (C=O) groups is 4. The maximum atomic E-state index is 14.1. The first-order valence-electron chi connectivity index (χ1n) is 13.5. The van der Waals surface area contributed by atoms with Gasteiger partial charge in [0.1, 0.15) is 6.54 Å². The van der Waals surface area contributed by atoms with E-state index in [4.69, 9.17) is 4.98 Å². The third kappa shape index (κ3) is 3.78. The van der Waals surface area contributed by atoms with E-state index in [1.807, 2.05) is 60.7 Å². The van der Waals surface area contributed by atoms with E-state index in [-0.39, 0.29) is 36.9 Å². The minimum absolute atomic E-state index is 0.0408. The Bertz CT molecular complexity index is 1680. The molecule has 2 atom stereocenters. The van der Waals surface area contributed by atoms with Crippen LogP contribution in [0.2, 0.25) is 0 Å². The Kier molecular flexibility index (Phi) is 5.70. The fraction of sp³-hybridized carbons (Fsp3) is 0.219. The SMILES string of the molecule is O=C1c2ccccc2C(=O)N1CC(=O)N1c2ccccc2N(Cc2ccc3ccccc3n2)C(=O)[C@H]2CCC[C@H]21. The average molecular weight is 531 g/mol. The first kappa shape index (κ1) is 24.2. The van der Waals surface area contributed by atoms with Crippen molar-refractivity contribution < 1.29 is 19.2 Å². The standard InChI is InChI=1S/C32H26N4O4/c37-29(19-35-30(38)22-9-2-3-10-23(22)31(35)39)36-26-15-7-11-24(26)32(40)34(27-13-5-6-14-28(27)36)18-21-17-16-20-8-1-4-12-25(20)33-21/h1-6,8-10,12-14,16-17,24,26H,7,11,15,18-19H2/t24-,26+/m0/s1. The second kappa shape index (κ2) is 9.41. The predicted octanol–water partition coefficient (Wildman–Crippen LogP) is 4.58. The van der Waals surface area contributed by atoms with Crippen LogP contribution in [-0.2, 0) is 16.1 Å². The Morgan fingerprint density at radius 3 is 2.20 bits per heavy atom. The van der Waals surface area contributed by atoms with Gasteiger partial charge in [-0.05, 0) is 49.2 Å². The summed E-state index contributed by atoms with van der Waals surface area (Å²) in [4.78, 5) is 63.4. The molecule has 40 heavy (non-hydrogen) atoms. The van der Waals surface area contributed by atoms with Gasteiger partial charge in [0.15, 0.2) is 0 Å². The molecule has 2 aliphatic heterocycles. The number of nitrogens with zero attached hydrogens (tertiary/aromatic N) is 4. The van der Waals surface area contributed by atoms with E-state index < -0.39 is 11.8 Å². The summed E-state index contributed by atoms with van der Waals surface area (Å²) in [6.07, 6.45) is 2.14. The van der Waals surface area contributed by atoms with Gasteiger partial charge in [0, 0.05) is 11.4 Å². The molecule has 3 aromatic carbocycles. The normalized spacial score (nSPS) is 20.0. The zero-order valence-corrected chi connectivity index (χ0v) is 21.7. The molecular weight excluding hydrogens is 504 g/mol. The minimum atomic E-state index is -0.472. The summed E-state index contributed by atoms with van der Waals surface area (Å²) in [7, 11) is 0. The van der Waals surface area contributed by atoms with Crippen LogP contribution >= 0.6 is 0 Å². The lowest BCUT2D eigenvalue weighted by Gasteiger charge is -2.31. The van der Waals surface area contributed by atoms with Gasteiger partial charge in [-0.15, -0.1) is 0 Å². The second-order valence-electron chi connectivity index (χ2n) is 10.5. The maximum Gasteiger partial charge on any atom is 0.262 e. The van der Waals surface area contributed by atoms with Crippen LogP contribution in [0.4, 0.5) is 11.4 Å². The van der Waals surface area contributed by atoms with Crippen LogP contribution in [0.25, 0.3) is 10.9 Å². The van der Waals surface area contributed by atoms with Crippen LogP contribution in [0.5, 0.6) is 0 Å². The van der Waals surface area contributed by atoms with E-state index in [1.54, 1.807) is 34.1 Å². The van der Waals surface area contributed by atoms with Gasteiger partial charge >= 0.3 is 0 Å². The van der Waals surface area contributed by atoms with Crippen molar-refractivity contribution in [3.05, 3.63) is 102 Å². The number of amides is 4. The van der Waals surface area contributed by atoms with Gasteiger partial charge in [0.25, 0.3) is 11.8 Å². The molecule has 0 bridgehead atoms. The molecule has 8 nitrogen and oxygen atoms in total. The summed E-state index contributed by atoms with van der Waals surface area (Å²) < 4.78 is 0. The summed E-state index contributed by atoms with van der Waals surface area (Å²) in [5.41, 5.74) is 3.44. The molecular formula is C32H26N4O4. The quantitative estimate of drug-likeness (QED) is 0.360. The number of rotatable bonds is 4. The lowest BCUT2D eigenvalue weighted by molar-refractivity contribution is -0.123. The number of anilines is 2. The highest BCUT2D eigenvalue weighted by molar-refractivity contribution is 6.23. The third-order valence-corrected chi connectivity index (χ3v) is 8.24. The monoisotopic (exact) mass is 530 g/mol. The van der Waals surface area contributed by atoms with Gasteiger partial charge in [0.05, 0.1) is 46.2 Å². The van der Waals surface area contributed by atoms with Crippen LogP contribution in [0.3, 0.4) is 0 Å². The van der Waals surface area contributed by atoms with Crippen molar-refractivity contribution in [1.82, 2.24) is 9.88 Å². The number of fused-ring (bicyclic) bond motifs is 4. The Morgan fingerprint density at radius 1 is 0.750 bits per heavy atom. The molecule has 7 rings (SSSR count). The fourth-order valence-electron chi connectivity index (χ4n) is 6.37. The van der Waals surface area contributed by atoms with Gasteiger partial charge in [-0.1, -0.05) is 55.0 Å². The molecule has 1 aliphatic carbocycles. The van der Waals surface area contributed by atoms with Crippen LogP contribution in [-0.4, -0.2) is 46.1 Å². The fourth-order valence-corrected chi connectivity index (χ4v) is 6.37. The summed E-state index contributed by atoms with van der Waals surface area (Å²) in [5, 5.41) is 1.02. The lowest BCUT2D eigenvalue weighted by Crippen LogP contribution is -2.49. The zero-order chi connectivity index (χ0) is 27.4. The highest BCUT2D eigenvalue weighted by Gasteiger charge is 2.47. The van der Waals surface area contributed by atoms with Crippen molar-refractivity contribution in [1.29, 1.82) is 0 Å². The molecule has 0 spiro atoms. The van der Waals surface area contributed by atoms with Crippen molar-refractivity contribution in [2.24, 2.45) is 5.92 Å². The topological polar surface area (TPSA) is 90.9 Å². The van der Waals surface area contributed by atoms with Crippen molar-refractivity contribution in [2.45, 2.75) is 31.8 Å². The van der Waals surface area contributed by atoms with E-state index in [9.17, 15) is 19.2 Å². The van der Waals surface area contributed by atoms with Gasteiger partial charge in [-0.25, -0.2) is 0 Å². The van der Waals surface area contributed by atoms with Crippen molar-refractivity contribution >= 4 is 45.9 Å². The molecule has 4 aromatic rings. The van der Waals surface area contributed by atoms with E-state index in [1.165, 1.54) is 0 Å². The molecule has 4 amide bonds. The van der Waals surface area contributed by atoms with Gasteiger partial charge in [-0.3, -0.25) is 29.1 Å². The number of hydrogen-bond acceptors (Lipinski definition) is 5. The Labute approximate surface area is 230 Å². The second-order valence-corrected chi connectivity index (χ2v) is 10.5. The van der Waals surface area contributed by atoms with E-state index in [0.29, 0.717) is 35.3 Å². The first-order chi connectivity index (χ1) is 19.5. The Balaban J connectivity index is 1.25. The summed E-state index contributed by atoms with van der Waals surface area (Å²) in [5.74, 6) is -1.75. The predicted molar refractivity (Wildman–Crippen MR) is 150 cm³/mol. The Hall–Kier alpha value is -4.85. The molecule has 0 N–H and O–H groups in total. The molecule has 198 valence electrons. The molecule has 3 heterocycles. The van der Waals surface area contributed by atoms with E-state index in [0.717, 1.165) is 27.9 Å². The highest BCUT2D eigenvalue weighted by Crippen LogP contribution is 2.43. The van der Waals surface area contributed by atoms with Gasteiger partial charge in [0.2, 0.25) is 11.8 Å². The summed E-state index contributed by atoms with van der Waals surface area (Å²) >= 11 is 0. The molecule has 1 fully saturated rings. The summed E-state index contributed by atoms with van der Waals surface area (Å²) in [6, 6.07) is 25.4. The lowest BCUT2D eigenvalue weighted by atomic mass is 10.0. The average Bonchev–Trinajstić information content (AvgIpc) is 3.53. The van der Waals surface area contributed by atoms with Crippen molar-refractivity contribution in [2.75, 3.05) is 16.3 Å². The van der Waals surface area contributed by atoms with E-state index in [2.05, 4.69) is 0 Å². The first-order valence-corrected chi connectivity index (χ1v) is 13.5. The Morgan fingerprint density at radius 2 is 1.43 bits per heavy atom.